The number of fused-ring (bicyclic) bond motifs is 1. The molecule has 34 heavy (non-hydrogen) atoms. The summed E-state index contributed by atoms with van der Waals surface area (Å²) in [7, 11) is 0. The average molecular weight is 497 g/mol. The van der Waals surface area contributed by atoms with Crippen LogP contribution in [-0.2, 0) is 17.6 Å². The van der Waals surface area contributed by atoms with E-state index in [4.69, 9.17) is 21.8 Å². The van der Waals surface area contributed by atoms with Crippen molar-refractivity contribution in [2.45, 2.75) is 47.0 Å². The molecule has 0 radical (unpaired) electrons. The second kappa shape index (κ2) is 9.43. The average Bonchev–Trinajstić information content (AvgIpc) is 3.37. The van der Waals surface area contributed by atoms with Gasteiger partial charge in [-0.3, -0.25) is 9.59 Å². The molecule has 2 heterocycles. The Bertz CT molecular complexity index is 1280. The van der Waals surface area contributed by atoms with Crippen LogP contribution in [0.25, 0.3) is 17.4 Å². The van der Waals surface area contributed by atoms with Crippen LogP contribution < -0.4 is 11.1 Å². The summed E-state index contributed by atoms with van der Waals surface area (Å²) < 4.78 is 5.84. The molecule has 2 amide bonds. The highest BCUT2D eigenvalue weighted by Gasteiger charge is 2.33. The number of thiophene rings is 1. The van der Waals surface area contributed by atoms with Gasteiger partial charge in [-0.25, -0.2) is 0 Å². The van der Waals surface area contributed by atoms with Crippen molar-refractivity contribution in [2.75, 3.05) is 5.32 Å². The maximum absolute atomic E-state index is 12.7. The lowest BCUT2D eigenvalue weighted by Crippen LogP contribution is -2.27. The molecule has 1 aliphatic rings. The van der Waals surface area contributed by atoms with Gasteiger partial charge in [0.15, 0.2) is 0 Å². The molecule has 0 saturated heterocycles. The number of carbonyl (C=O) groups is 2. The van der Waals surface area contributed by atoms with Gasteiger partial charge in [-0.2, -0.15) is 0 Å². The first-order valence-electron chi connectivity index (χ1n) is 11.3. The number of nitrogens with one attached hydrogen (secondary N) is 1. The molecule has 0 aliphatic heterocycles. The van der Waals surface area contributed by atoms with Gasteiger partial charge < -0.3 is 15.5 Å². The predicted octanol–water partition coefficient (Wildman–Crippen LogP) is 6.87. The summed E-state index contributed by atoms with van der Waals surface area (Å²) in [6, 6.07) is 9.35. The summed E-state index contributed by atoms with van der Waals surface area (Å²) in [5, 5.41) is 4.05. The number of amides is 2. The van der Waals surface area contributed by atoms with Gasteiger partial charge in [-0.05, 0) is 72.9 Å². The van der Waals surface area contributed by atoms with Gasteiger partial charge in [0.2, 0.25) is 5.91 Å². The minimum absolute atomic E-state index is 0.187. The third-order valence-corrected chi connectivity index (χ3v) is 8.03. The number of hydrogen-bond acceptors (Lipinski definition) is 4. The Labute approximate surface area is 209 Å². The van der Waals surface area contributed by atoms with Crippen molar-refractivity contribution >= 4 is 45.8 Å². The predicted molar refractivity (Wildman–Crippen MR) is 139 cm³/mol. The largest absolute Gasteiger partial charge is 0.457 e. The number of nitrogens with two attached hydrogens (primary N) is 1. The van der Waals surface area contributed by atoms with Crippen LogP contribution in [0.2, 0.25) is 5.02 Å². The van der Waals surface area contributed by atoms with Crippen molar-refractivity contribution in [2.24, 2.45) is 17.1 Å². The quantitative estimate of drug-likeness (QED) is 0.378. The number of aryl methyl sites for hydroxylation is 1. The number of anilines is 1. The molecule has 178 valence electrons. The van der Waals surface area contributed by atoms with Crippen molar-refractivity contribution in [1.82, 2.24) is 0 Å². The summed E-state index contributed by atoms with van der Waals surface area (Å²) >= 11 is 7.67. The van der Waals surface area contributed by atoms with Crippen molar-refractivity contribution in [3.05, 3.63) is 68.8 Å². The summed E-state index contributed by atoms with van der Waals surface area (Å²) in [4.78, 5) is 26.0. The van der Waals surface area contributed by atoms with Gasteiger partial charge in [-0.15, -0.1) is 11.3 Å². The summed E-state index contributed by atoms with van der Waals surface area (Å²) in [5.41, 5.74) is 9.18. The first-order valence-corrected chi connectivity index (χ1v) is 12.5. The molecular formula is C27H29ClN2O3S. The molecule has 2 aromatic heterocycles. The zero-order chi connectivity index (χ0) is 24.6. The second-order valence-electron chi connectivity index (χ2n) is 9.87. The Morgan fingerprint density at radius 1 is 1.24 bits per heavy atom. The molecule has 1 atom stereocenters. The zero-order valence-electron chi connectivity index (χ0n) is 19.8. The van der Waals surface area contributed by atoms with E-state index in [1.54, 1.807) is 12.1 Å². The monoisotopic (exact) mass is 496 g/mol. The summed E-state index contributed by atoms with van der Waals surface area (Å²) in [6.07, 6.45) is 5.70. The van der Waals surface area contributed by atoms with Crippen LogP contribution >= 0.6 is 22.9 Å². The van der Waals surface area contributed by atoms with Gasteiger partial charge >= 0.3 is 0 Å². The van der Waals surface area contributed by atoms with E-state index in [2.05, 4.69) is 26.1 Å². The topological polar surface area (TPSA) is 85.3 Å². The highest BCUT2D eigenvalue weighted by atomic mass is 35.5. The molecule has 0 bridgehead atoms. The number of primary amides is 1. The molecule has 4 rings (SSSR count). The fraction of sp³-hybridized carbons (Fsp3) is 0.333. The molecule has 0 saturated carbocycles. The van der Waals surface area contributed by atoms with E-state index < -0.39 is 5.91 Å². The Hall–Kier alpha value is -2.83. The SMILES string of the molecule is Cc1ccc(-c2ccc(C=CC(=O)Nc3sc4c(c3C(N)=O)CCC(C(C)(C)C)C4)o2)cc1Cl. The molecule has 1 unspecified atom stereocenters. The van der Waals surface area contributed by atoms with Crippen LogP contribution in [0.15, 0.2) is 40.8 Å². The normalized spacial score (nSPS) is 16.0. The van der Waals surface area contributed by atoms with Crippen LogP contribution in [-0.4, -0.2) is 11.8 Å². The first kappa shape index (κ1) is 24.3. The van der Waals surface area contributed by atoms with Crippen LogP contribution in [0.5, 0.6) is 0 Å². The van der Waals surface area contributed by atoms with E-state index in [9.17, 15) is 9.59 Å². The van der Waals surface area contributed by atoms with Crippen LogP contribution in [0.3, 0.4) is 0 Å². The Balaban J connectivity index is 1.49. The van der Waals surface area contributed by atoms with Crippen LogP contribution in [0, 0.1) is 18.3 Å². The smallest absolute Gasteiger partial charge is 0.251 e. The minimum atomic E-state index is -0.501. The molecule has 3 N–H and O–H groups in total. The molecule has 1 aliphatic carbocycles. The lowest BCUT2D eigenvalue weighted by atomic mass is 9.72. The summed E-state index contributed by atoms with van der Waals surface area (Å²) in [5.74, 6) is 0.885. The molecule has 0 spiro atoms. The molecule has 1 aromatic carbocycles. The van der Waals surface area contributed by atoms with E-state index in [0.717, 1.165) is 40.8 Å². The molecule has 3 aromatic rings. The van der Waals surface area contributed by atoms with E-state index in [1.807, 2.05) is 31.2 Å². The van der Waals surface area contributed by atoms with Gasteiger partial charge in [0.1, 0.15) is 16.5 Å². The number of hydrogen-bond donors (Lipinski definition) is 2. The lowest BCUT2D eigenvalue weighted by molar-refractivity contribution is -0.111. The highest BCUT2D eigenvalue weighted by molar-refractivity contribution is 7.17. The molecular weight excluding hydrogens is 468 g/mol. The van der Waals surface area contributed by atoms with E-state index in [0.29, 0.717) is 33.0 Å². The third kappa shape index (κ3) is 5.13. The highest BCUT2D eigenvalue weighted by Crippen LogP contribution is 2.44. The lowest BCUT2D eigenvalue weighted by Gasteiger charge is -2.33. The van der Waals surface area contributed by atoms with Gasteiger partial charge in [0.25, 0.3) is 5.91 Å². The molecule has 7 heteroatoms. The van der Waals surface area contributed by atoms with Gasteiger partial charge in [0, 0.05) is 21.5 Å². The Morgan fingerprint density at radius 3 is 2.68 bits per heavy atom. The van der Waals surface area contributed by atoms with Crippen molar-refractivity contribution in [3.8, 4) is 11.3 Å². The third-order valence-electron chi connectivity index (χ3n) is 6.46. The standard InChI is InChI=1S/C27H29ClN2O3S/c1-15-5-6-16(13-20(15)28)21-11-8-18(33-21)9-12-23(31)30-26-24(25(29)32)19-10-7-17(27(2,3)4)14-22(19)34-26/h5-6,8-9,11-13,17H,7,10,14H2,1-4H3,(H2,29,32)(H,30,31). The van der Waals surface area contributed by atoms with E-state index in [-0.39, 0.29) is 11.3 Å². The maximum Gasteiger partial charge on any atom is 0.251 e. The number of benzene rings is 1. The Kier molecular flexibility index (Phi) is 6.74. The molecule has 5 nitrogen and oxygen atoms in total. The zero-order valence-corrected chi connectivity index (χ0v) is 21.4. The fourth-order valence-corrected chi connectivity index (χ4v) is 5.85. The number of carbonyl (C=O) groups excluding carboxylic acids is 2. The van der Waals surface area contributed by atoms with E-state index in [1.165, 1.54) is 17.4 Å². The van der Waals surface area contributed by atoms with Gasteiger partial charge in [0.05, 0.1) is 5.56 Å². The van der Waals surface area contributed by atoms with Gasteiger partial charge in [-0.1, -0.05) is 44.5 Å². The number of rotatable bonds is 5. The van der Waals surface area contributed by atoms with Crippen molar-refractivity contribution in [3.63, 3.8) is 0 Å². The second-order valence-corrected chi connectivity index (χ2v) is 11.4. The number of furan rings is 1. The van der Waals surface area contributed by atoms with E-state index >= 15 is 0 Å². The first-order chi connectivity index (χ1) is 16.0. The molecule has 0 fully saturated rings. The van der Waals surface area contributed by atoms with Crippen LogP contribution in [0.4, 0.5) is 5.00 Å². The van der Waals surface area contributed by atoms with Crippen molar-refractivity contribution < 1.29 is 14.0 Å². The minimum Gasteiger partial charge on any atom is -0.457 e. The Morgan fingerprint density at radius 2 is 2.00 bits per heavy atom. The van der Waals surface area contributed by atoms with Crippen molar-refractivity contribution in [1.29, 1.82) is 0 Å². The maximum atomic E-state index is 12.7. The van der Waals surface area contributed by atoms with Crippen LogP contribution in [0.1, 0.15) is 59.3 Å². The summed E-state index contributed by atoms with van der Waals surface area (Å²) in [6.45, 7) is 8.67. The fourth-order valence-electron chi connectivity index (χ4n) is 4.33. The number of halogens is 1.